The van der Waals surface area contributed by atoms with Gasteiger partial charge in [0, 0.05) is 13.6 Å². The maximum absolute atomic E-state index is 11.0. The first-order chi connectivity index (χ1) is 5.61. The maximum atomic E-state index is 11.0. The molecule has 0 bridgehead atoms. The monoisotopic (exact) mass is 270 g/mol. The van der Waals surface area contributed by atoms with Crippen molar-refractivity contribution in [3.8, 4) is 6.07 Å². The van der Waals surface area contributed by atoms with E-state index < -0.39 is 6.09 Å². The van der Waals surface area contributed by atoms with Crippen molar-refractivity contribution < 1.29 is 9.53 Å². The van der Waals surface area contributed by atoms with Gasteiger partial charge >= 0.3 is 6.09 Å². The first-order valence-electron chi connectivity index (χ1n) is 3.53. The number of nitriles is 1. The number of carbonyl (C=O) groups is 1. The fourth-order valence-corrected chi connectivity index (χ4v) is 1.02. The lowest BCUT2D eigenvalue weighted by Crippen LogP contribution is -2.32. The average Bonchev–Trinajstić information content (AvgIpc) is 2.04. The van der Waals surface area contributed by atoms with Crippen LogP contribution < -0.4 is 0 Å². The van der Waals surface area contributed by atoms with Crippen molar-refractivity contribution >= 4 is 34.4 Å². The highest BCUT2D eigenvalue weighted by Gasteiger charge is 2.12. The fraction of sp³-hybridized carbons (Fsp3) is 0.714. The van der Waals surface area contributed by atoms with Crippen molar-refractivity contribution in [1.29, 1.82) is 5.26 Å². The van der Waals surface area contributed by atoms with Crippen molar-refractivity contribution in [2.75, 3.05) is 20.2 Å². The molecule has 1 amide bonds. The summed E-state index contributed by atoms with van der Waals surface area (Å²) in [7, 11) is 1.59. The molecule has 1 atom stereocenters. The highest BCUT2D eigenvalue weighted by molar-refractivity contribution is 9.09. The Bertz CT molecular complexity index is 195. The molecule has 0 aliphatic heterocycles. The Morgan fingerprint density at radius 1 is 1.77 bits per heavy atom. The Kier molecular flexibility index (Phi) is 9.41. The average molecular weight is 272 g/mol. The van der Waals surface area contributed by atoms with E-state index in [4.69, 9.17) is 10.00 Å². The van der Waals surface area contributed by atoms with Crippen LogP contribution in [0.1, 0.15) is 6.92 Å². The van der Waals surface area contributed by atoms with Gasteiger partial charge in [-0.05, 0) is 6.92 Å². The van der Waals surface area contributed by atoms with Crippen LogP contribution in [0.15, 0.2) is 0 Å². The van der Waals surface area contributed by atoms with E-state index in [9.17, 15) is 4.79 Å². The van der Waals surface area contributed by atoms with Gasteiger partial charge in [0.1, 0.15) is 4.83 Å². The van der Waals surface area contributed by atoms with Crippen molar-refractivity contribution in [1.82, 2.24) is 4.90 Å². The van der Waals surface area contributed by atoms with Crippen molar-refractivity contribution in [3.63, 3.8) is 0 Å². The van der Waals surface area contributed by atoms with Crippen LogP contribution in [0.4, 0.5) is 4.79 Å². The quantitative estimate of drug-likeness (QED) is 0.735. The molecule has 0 aromatic rings. The molecule has 4 nitrogen and oxygen atoms in total. The summed E-state index contributed by atoms with van der Waals surface area (Å²) in [5, 5.41) is 8.42. The van der Waals surface area contributed by atoms with Gasteiger partial charge in [0.05, 0.1) is 12.7 Å². The van der Waals surface area contributed by atoms with E-state index in [1.165, 1.54) is 4.90 Å². The Morgan fingerprint density at radius 2 is 2.31 bits per heavy atom. The lowest BCUT2D eigenvalue weighted by Gasteiger charge is -2.16. The Balaban J connectivity index is 0. The molecule has 0 heterocycles. The molecule has 0 rings (SSSR count). The molecule has 1 unspecified atom stereocenters. The zero-order chi connectivity index (χ0) is 9.56. The van der Waals surface area contributed by atoms with Crippen LogP contribution in [0.3, 0.4) is 0 Å². The number of nitrogens with zero attached hydrogens (tertiary/aromatic N) is 2. The predicted molar refractivity (Wildman–Crippen MR) is 55.2 cm³/mol. The second-order valence-electron chi connectivity index (χ2n) is 2.18. The maximum Gasteiger partial charge on any atom is 0.409 e. The first-order valence-corrected chi connectivity index (χ1v) is 4.45. The van der Waals surface area contributed by atoms with Crippen LogP contribution in [-0.4, -0.2) is 36.0 Å². The molecule has 0 saturated carbocycles. The van der Waals surface area contributed by atoms with Gasteiger partial charge in [0.2, 0.25) is 0 Å². The molecule has 0 fully saturated rings. The van der Waals surface area contributed by atoms with E-state index in [1.807, 2.05) is 6.07 Å². The van der Waals surface area contributed by atoms with E-state index in [2.05, 4.69) is 15.9 Å². The van der Waals surface area contributed by atoms with Crippen LogP contribution in [0.5, 0.6) is 0 Å². The van der Waals surface area contributed by atoms with Gasteiger partial charge in [-0.3, -0.25) is 0 Å². The number of halogens is 2. The number of ether oxygens (including phenoxy) is 1. The van der Waals surface area contributed by atoms with Crippen LogP contribution in [0, 0.1) is 11.3 Å². The second kappa shape index (κ2) is 8.14. The van der Waals surface area contributed by atoms with E-state index in [0.717, 1.165) is 0 Å². The van der Waals surface area contributed by atoms with Gasteiger partial charge in [0.25, 0.3) is 0 Å². The third-order valence-corrected chi connectivity index (χ3v) is 1.65. The van der Waals surface area contributed by atoms with Gasteiger partial charge in [-0.25, -0.2) is 4.79 Å². The van der Waals surface area contributed by atoms with Gasteiger partial charge in [-0.15, -0.1) is 12.4 Å². The Morgan fingerprint density at radius 3 is 2.69 bits per heavy atom. The molecule has 13 heavy (non-hydrogen) atoms. The van der Waals surface area contributed by atoms with Crippen LogP contribution in [0.2, 0.25) is 0 Å². The van der Waals surface area contributed by atoms with Gasteiger partial charge in [-0.2, -0.15) is 5.26 Å². The van der Waals surface area contributed by atoms with Crippen molar-refractivity contribution in [2.24, 2.45) is 0 Å². The normalized spacial score (nSPS) is 10.6. The summed E-state index contributed by atoms with van der Waals surface area (Å²) in [6.07, 6.45) is -0.405. The topological polar surface area (TPSA) is 53.3 Å². The predicted octanol–water partition coefficient (Wildman–Crippen LogP) is 1.78. The van der Waals surface area contributed by atoms with Crippen LogP contribution in [0.25, 0.3) is 0 Å². The van der Waals surface area contributed by atoms with Crippen LogP contribution >= 0.6 is 28.3 Å². The molecular formula is C7H12BrClN2O2. The van der Waals surface area contributed by atoms with Crippen LogP contribution in [-0.2, 0) is 4.74 Å². The molecular weight excluding hydrogens is 259 g/mol. The third kappa shape index (κ3) is 6.67. The number of rotatable bonds is 3. The summed E-state index contributed by atoms with van der Waals surface area (Å²) in [5.74, 6) is 0. The lowest BCUT2D eigenvalue weighted by molar-refractivity contribution is 0.117. The molecule has 0 radical (unpaired) electrons. The molecule has 0 aliphatic rings. The summed E-state index contributed by atoms with van der Waals surface area (Å²) in [5.41, 5.74) is 0. The van der Waals surface area contributed by atoms with E-state index in [0.29, 0.717) is 13.2 Å². The summed E-state index contributed by atoms with van der Waals surface area (Å²) < 4.78 is 4.71. The third-order valence-electron chi connectivity index (χ3n) is 1.15. The summed E-state index contributed by atoms with van der Waals surface area (Å²) >= 11 is 3.09. The summed E-state index contributed by atoms with van der Waals surface area (Å²) in [4.78, 5) is 12.0. The molecule has 0 aliphatic carbocycles. The number of hydrogen-bond acceptors (Lipinski definition) is 3. The van der Waals surface area contributed by atoms with Crippen molar-refractivity contribution in [2.45, 2.75) is 11.8 Å². The highest BCUT2D eigenvalue weighted by atomic mass is 79.9. The minimum atomic E-state index is -0.405. The minimum Gasteiger partial charge on any atom is -0.450 e. The molecule has 0 aromatic heterocycles. The van der Waals surface area contributed by atoms with E-state index in [1.54, 1.807) is 14.0 Å². The Labute approximate surface area is 92.4 Å². The largest absolute Gasteiger partial charge is 0.450 e. The molecule has 0 saturated heterocycles. The second-order valence-corrected chi connectivity index (χ2v) is 3.28. The first kappa shape index (κ1) is 15.0. The molecule has 76 valence electrons. The zero-order valence-corrected chi connectivity index (χ0v) is 9.89. The smallest absolute Gasteiger partial charge is 0.409 e. The Hall–Kier alpha value is -0.470. The minimum absolute atomic E-state index is 0. The van der Waals surface area contributed by atoms with Gasteiger partial charge < -0.3 is 9.64 Å². The fourth-order valence-electron chi connectivity index (χ4n) is 0.589. The zero-order valence-electron chi connectivity index (χ0n) is 7.49. The number of alkyl halides is 1. The standard InChI is InChI=1S/C7H11BrN2O2.ClH/c1-3-12-7(11)10(2)5-6(8)4-9;/h6H,3,5H2,1-2H3;1H. The molecule has 0 N–H and O–H groups in total. The number of hydrogen-bond donors (Lipinski definition) is 0. The highest BCUT2D eigenvalue weighted by Crippen LogP contribution is 2.00. The molecule has 0 spiro atoms. The van der Waals surface area contributed by atoms with Crippen molar-refractivity contribution in [3.05, 3.63) is 0 Å². The SMILES string of the molecule is CCOC(=O)N(C)CC(Br)C#N.Cl. The number of amides is 1. The van der Waals surface area contributed by atoms with Gasteiger partial charge in [-0.1, -0.05) is 15.9 Å². The van der Waals surface area contributed by atoms with E-state index in [-0.39, 0.29) is 17.2 Å². The molecule has 6 heteroatoms. The lowest BCUT2D eigenvalue weighted by atomic mass is 10.4. The molecule has 0 aromatic carbocycles. The summed E-state index contributed by atoms with van der Waals surface area (Å²) in [6.45, 7) is 2.42. The van der Waals surface area contributed by atoms with Gasteiger partial charge in [0.15, 0.2) is 0 Å². The van der Waals surface area contributed by atoms with E-state index >= 15 is 0 Å². The number of carbonyl (C=O) groups excluding carboxylic acids is 1. The summed E-state index contributed by atoms with van der Waals surface area (Å²) in [6, 6.07) is 1.96.